The minimum atomic E-state index is -0.482. The third-order valence-corrected chi connectivity index (χ3v) is 7.47. The van der Waals surface area contributed by atoms with Crippen molar-refractivity contribution in [2.75, 3.05) is 16.7 Å². The molecule has 0 amide bonds. The molecule has 0 bridgehead atoms. The first kappa shape index (κ1) is 25.2. The lowest BCUT2D eigenvalue weighted by molar-refractivity contribution is 0.103. The summed E-state index contributed by atoms with van der Waals surface area (Å²) in [6, 6.07) is 13.6. The Bertz CT molecular complexity index is 1720. The summed E-state index contributed by atoms with van der Waals surface area (Å²) in [5.74, 6) is -0.252. The number of ketones is 1. The van der Waals surface area contributed by atoms with Crippen LogP contribution in [0.25, 0.3) is 16.6 Å². The van der Waals surface area contributed by atoms with Crippen LogP contribution in [0.1, 0.15) is 34.1 Å². The minimum Gasteiger partial charge on any atom is -0.436 e. The van der Waals surface area contributed by atoms with Crippen molar-refractivity contribution in [1.82, 2.24) is 19.7 Å². The number of H-pyrrole nitrogens is 1. The first-order valence-corrected chi connectivity index (χ1v) is 13.6. The second kappa shape index (κ2) is 10.1. The Hall–Kier alpha value is -4.44. The van der Waals surface area contributed by atoms with Gasteiger partial charge in [-0.15, -0.1) is 10.7 Å². The third-order valence-electron chi connectivity index (χ3n) is 6.22. The number of nitrogens with two attached hydrogens (primary N) is 1. The minimum absolute atomic E-state index is 0.0597. The molecule has 1 unspecified atom stereocenters. The van der Waals surface area contributed by atoms with Crippen LogP contribution in [0, 0.1) is 19.7 Å². The second-order valence-corrected chi connectivity index (χ2v) is 10.6. The lowest BCUT2D eigenvalue weighted by atomic mass is 10.1. The Kier molecular flexibility index (Phi) is 6.73. The van der Waals surface area contributed by atoms with Crippen LogP contribution in [0.5, 0.6) is 11.6 Å². The van der Waals surface area contributed by atoms with E-state index in [1.807, 2.05) is 39.0 Å². The molecule has 3 aromatic heterocycles. The predicted octanol–water partition coefficient (Wildman–Crippen LogP) is 6.16. The van der Waals surface area contributed by atoms with Crippen molar-refractivity contribution < 1.29 is 13.9 Å². The summed E-state index contributed by atoms with van der Waals surface area (Å²) >= 11 is 0. The van der Waals surface area contributed by atoms with Crippen molar-refractivity contribution in [2.24, 2.45) is 0 Å². The molecule has 5 rings (SSSR count). The van der Waals surface area contributed by atoms with E-state index in [0.29, 0.717) is 11.4 Å². The lowest BCUT2D eigenvalue weighted by Gasteiger charge is -2.11. The lowest BCUT2D eigenvalue weighted by Crippen LogP contribution is -2.09. The van der Waals surface area contributed by atoms with Gasteiger partial charge in [-0.1, -0.05) is 12.1 Å². The number of aromatic amines is 1. The maximum Gasteiger partial charge on any atom is 0.219 e. The Balaban J connectivity index is 1.42. The summed E-state index contributed by atoms with van der Waals surface area (Å²) in [6.45, 7) is 5.89. The van der Waals surface area contributed by atoms with E-state index < -0.39 is 5.82 Å². The number of anilines is 2. The first-order valence-electron chi connectivity index (χ1n) is 11.9. The van der Waals surface area contributed by atoms with E-state index in [-0.39, 0.29) is 39.5 Å². The highest BCUT2D eigenvalue weighted by Crippen LogP contribution is 2.30. The van der Waals surface area contributed by atoms with Gasteiger partial charge in [0, 0.05) is 22.7 Å². The second-order valence-electron chi connectivity index (χ2n) is 8.86. The zero-order chi connectivity index (χ0) is 27.0. The molecule has 0 saturated carbocycles. The number of benzene rings is 2. The van der Waals surface area contributed by atoms with Gasteiger partial charge in [-0.25, -0.2) is 14.1 Å². The fraction of sp³-hybridized carbons (Fsp3) is 0.143. The van der Waals surface area contributed by atoms with Gasteiger partial charge >= 0.3 is 0 Å². The number of nitrogens with one attached hydrogen (secondary N) is 2. The number of para-hydroxylation sites is 1. The number of hydrogen-bond donors (Lipinski definition) is 3. The number of nitrogens with zero attached hydrogens (tertiary/aromatic N) is 3. The molecular weight excluding hydrogens is 503 g/mol. The number of fused-ring (bicyclic) bond motifs is 1. The molecule has 194 valence electrons. The van der Waals surface area contributed by atoms with Crippen LogP contribution in [0.3, 0.4) is 0 Å². The van der Waals surface area contributed by atoms with Gasteiger partial charge in [-0.2, -0.15) is 5.10 Å². The molecule has 0 fully saturated rings. The number of carbonyl (C=O) groups excluding carboxylic acids is 1. The molecule has 0 spiro atoms. The number of carbonyl (C=O) groups is 1. The number of halogens is 1. The molecular formula is C28H27FN6O2S. The van der Waals surface area contributed by atoms with Crippen molar-refractivity contribution in [3.63, 3.8) is 0 Å². The number of pyridine rings is 1. The molecule has 10 heteroatoms. The van der Waals surface area contributed by atoms with Gasteiger partial charge in [-0.3, -0.25) is 4.79 Å². The maximum atomic E-state index is 13.9. The van der Waals surface area contributed by atoms with E-state index in [4.69, 9.17) is 10.5 Å². The van der Waals surface area contributed by atoms with Gasteiger partial charge in [0.2, 0.25) is 11.7 Å². The first-order chi connectivity index (χ1) is 18.2. The van der Waals surface area contributed by atoms with Crippen LogP contribution >= 0.6 is 10.7 Å². The predicted molar refractivity (Wildman–Crippen MR) is 152 cm³/mol. The van der Waals surface area contributed by atoms with E-state index in [1.165, 1.54) is 29.2 Å². The molecule has 0 saturated heterocycles. The van der Waals surface area contributed by atoms with Gasteiger partial charge in [0.15, 0.2) is 11.6 Å². The molecule has 0 radical (unpaired) electrons. The van der Waals surface area contributed by atoms with Crippen LogP contribution in [-0.2, 0) is 0 Å². The van der Waals surface area contributed by atoms with Crippen LogP contribution in [0.4, 0.5) is 15.9 Å². The Morgan fingerprint density at radius 1 is 1.16 bits per heavy atom. The van der Waals surface area contributed by atoms with Gasteiger partial charge in [0.1, 0.15) is 5.82 Å². The standard InChI is InChI=1S/C28H27FN6O2S/c1-5-38(4)34-21-13-22-18(10-16(21)2)12-23(33-22)27(36)19-14-32-35(28(19)30)24-15-31-26(11-17(24)3)37-25-9-7-6-8-20(25)29/h5-15,33-34H,30H2,1-4H3. The van der Waals surface area contributed by atoms with Gasteiger partial charge < -0.3 is 20.2 Å². The van der Waals surface area contributed by atoms with Crippen molar-refractivity contribution in [3.05, 3.63) is 89.1 Å². The normalized spacial score (nSPS) is 12.1. The molecule has 0 aliphatic rings. The summed E-state index contributed by atoms with van der Waals surface area (Å²) in [5, 5.41) is 7.39. The Morgan fingerprint density at radius 3 is 2.68 bits per heavy atom. The molecule has 38 heavy (non-hydrogen) atoms. The smallest absolute Gasteiger partial charge is 0.219 e. The van der Waals surface area contributed by atoms with Crippen molar-refractivity contribution in [3.8, 4) is 17.3 Å². The van der Waals surface area contributed by atoms with E-state index in [1.54, 1.807) is 18.2 Å². The summed E-state index contributed by atoms with van der Waals surface area (Å²) in [5.41, 5.74) is 11.3. The SMILES string of the molecule is C/C=S(\C)Nc1cc2[nH]c(C(=O)c3cnn(-c4cnc(Oc5ccccc5F)cc4C)c3N)cc2cc1C. The molecule has 4 N–H and O–H groups in total. The van der Waals surface area contributed by atoms with Crippen LogP contribution < -0.4 is 15.2 Å². The van der Waals surface area contributed by atoms with Crippen molar-refractivity contribution in [1.29, 1.82) is 0 Å². The van der Waals surface area contributed by atoms with Crippen LogP contribution in [-0.4, -0.2) is 37.2 Å². The maximum absolute atomic E-state index is 13.9. The number of hydrogen-bond acceptors (Lipinski definition) is 6. The zero-order valence-electron chi connectivity index (χ0n) is 21.4. The van der Waals surface area contributed by atoms with E-state index in [2.05, 4.69) is 31.4 Å². The number of ether oxygens (including phenoxy) is 1. The van der Waals surface area contributed by atoms with Crippen LogP contribution in [0.15, 0.2) is 60.9 Å². The summed E-state index contributed by atoms with van der Waals surface area (Å²) in [6.07, 6.45) is 5.08. The third kappa shape index (κ3) is 4.78. The topological polar surface area (TPSA) is 111 Å². The van der Waals surface area contributed by atoms with Gasteiger partial charge in [-0.05, 0) is 73.9 Å². The number of aromatic nitrogens is 4. The highest BCUT2D eigenvalue weighted by atomic mass is 32.2. The van der Waals surface area contributed by atoms with Gasteiger partial charge in [0.25, 0.3) is 0 Å². The number of nitrogen functional groups attached to an aromatic ring is 1. The van der Waals surface area contributed by atoms with Gasteiger partial charge in [0.05, 0.1) is 29.3 Å². The summed E-state index contributed by atoms with van der Waals surface area (Å²) in [4.78, 5) is 20.9. The fourth-order valence-corrected chi connectivity index (χ4v) is 4.75. The average molecular weight is 531 g/mol. The van der Waals surface area contributed by atoms with Crippen LogP contribution in [0.2, 0.25) is 0 Å². The van der Waals surface area contributed by atoms with E-state index in [9.17, 15) is 9.18 Å². The number of rotatable bonds is 7. The highest BCUT2D eigenvalue weighted by Gasteiger charge is 2.21. The van der Waals surface area contributed by atoms with Crippen molar-refractivity contribution >= 4 is 44.2 Å². The Morgan fingerprint density at radius 2 is 1.95 bits per heavy atom. The molecule has 0 aliphatic heterocycles. The number of aryl methyl sites for hydroxylation is 2. The van der Waals surface area contributed by atoms with E-state index >= 15 is 0 Å². The van der Waals surface area contributed by atoms with Crippen molar-refractivity contribution in [2.45, 2.75) is 20.8 Å². The molecule has 2 aromatic carbocycles. The zero-order valence-corrected chi connectivity index (χ0v) is 22.2. The summed E-state index contributed by atoms with van der Waals surface area (Å²) < 4.78 is 24.5. The molecule has 3 heterocycles. The highest BCUT2D eigenvalue weighted by molar-refractivity contribution is 8.15. The van der Waals surface area contributed by atoms with E-state index in [0.717, 1.165) is 27.7 Å². The monoisotopic (exact) mass is 530 g/mol. The fourth-order valence-electron chi connectivity index (χ4n) is 4.07. The average Bonchev–Trinajstić information content (AvgIpc) is 3.48. The molecule has 5 aromatic rings. The summed E-state index contributed by atoms with van der Waals surface area (Å²) in [7, 11) is -0.0597. The molecule has 0 aliphatic carbocycles. The largest absolute Gasteiger partial charge is 0.436 e. The Labute approximate surface area is 221 Å². The molecule has 8 nitrogen and oxygen atoms in total. The quantitative estimate of drug-likeness (QED) is 0.172. The molecule has 1 atom stereocenters.